The van der Waals surface area contributed by atoms with Gasteiger partial charge in [-0.2, -0.15) is 21.0 Å². The van der Waals surface area contributed by atoms with E-state index in [-0.39, 0.29) is 40.5 Å². The number of hydrogen-bond donors (Lipinski definition) is 5. The maximum Gasteiger partial charge on any atom is 0.337 e. The molecule has 0 saturated carbocycles. The van der Waals surface area contributed by atoms with Gasteiger partial charge in [-0.15, -0.1) is 0 Å². The topological polar surface area (TPSA) is 335 Å². The van der Waals surface area contributed by atoms with Gasteiger partial charge in [-0.3, -0.25) is 20.2 Å². The molecule has 0 spiro atoms. The summed E-state index contributed by atoms with van der Waals surface area (Å²) in [5.41, 5.74) is 9.25. The van der Waals surface area contributed by atoms with Gasteiger partial charge in [-0.05, 0) is 43.3 Å². The molecule has 2 aromatic carbocycles. The number of carbonyl (C=O) groups is 2. The van der Waals surface area contributed by atoms with E-state index >= 15 is 0 Å². The summed E-state index contributed by atoms with van der Waals surface area (Å²) in [6.45, 7) is 3.79. The number of nitriles is 4. The largest absolute Gasteiger partial charge is 0.478 e. The van der Waals surface area contributed by atoms with Crippen LogP contribution in [0, 0.1) is 88.2 Å². The van der Waals surface area contributed by atoms with Gasteiger partial charge in [-0.1, -0.05) is 36.4 Å². The molecule has 4 aliphatic rings. The van der Waals surface area contributed by atoms with Crippen molar-refractivity contribution in [3.8, 4) is 24.3 Å². The number of nitro benzene ring substituents is 2. The zero-order valence-corrected chi connectivity index (χ0v) is 32.1. The Morgan fingerprint density at radius 2 is 1.00 bits per heavy atom. The first kappa shape index (κ1) is 44.3. The first-order chi connectivity index (χ1) is 27.9. The van der Waals surface area contributed by atoms with Crippen LogP contribution in [0.5, 0.6) is 0 Å². The van der Waals surface area contributed by atoms with Crippen LogP contribution in [0.15, 0.2) is 94.4 Å². The molecule has 0 amide bonds. The zero-order valence-electron chi connectivity index (χ0n) is 32.1. The second-order valence-corrected chi connectivity index (χ2v) is 14.2. The Bertz CT molecular complexity index is 2150. The van der Waals surface area contributed by atoms with Crippen LogP contribution in [0.25, 0.3) is 0 Å². The third-order valence-electron chi connectivity index (χ3n) is 10.8. The van der Waals surface area contributed by atoms with Crippen LogP contribution in [0.1, 0.15) is 29.9 Å². The summed E-state index contributed by atoms with van der Waals surface area (Å²) in [6.07, 6.45) is 3.50. The molecule has 0 radical (unpaired) electrons. The Morgan fingerprint density at radius 1 is 0.712 bits per heavy atom. The fourth-order valence-electron chi connectivity index (χ4n) is 8.24. The summed E-state index contributed by atoms with van der Waals surface area (Å²) >= 11 is 0. The highest BCUT2D eigenvalue weighted by molar-refractivity contribution is 5.95. The highest BCUT2D eigenvalue weighted by Gasteiger charge is 2.56. The Morgan fingerprint density at radius 3 is 1.24 bits per heavy atom. The first-order valence-corrected chi connectivity index (χ1v) is 17.9. The molecule has 304 valence electrons. The summed E-state index contributed by atoms with van der Waals surface area (Å²) in [4.78, 5) is 48.5. The lowest BCUT2D eigenvalue weighted by atomic mass is 9.58. The lowest BCUT2D eigenvalue weighted by molar-refractivity contribution is -0.385. The summed E-state index contributed by atoms with van der Waals surface area (Å²) in [5, 5.41) is 88.6. The number of aliphatic hydroxyl groups excluding tert-OH is 1. The number of hydrogen-bond acceptors (Lipinski definition) is 15. The molecule has 19 heteroatoms. The average Bonchev–Trinajstić information content (AvgIpc) is 3.20. The van der Waals surface area contributed by atoms with Gasteiger partial charge in [0.1, 0.15) is 0 Å². The number of rotatable bonds is 6. The maximum absolute atomic E-state index is 11.9. The van der Waals surface area contributed by atoms with Gasteiger partial charge in [0.15, 0.2) is 10.8 Å². The number of allylic oxidation sites excluding steroid dienone is 2. The molecule has 6 rings (SSSR count). The third kappa shape index (κ3) is 7.94. The second-order valence-electron chi connectivity index (χ2n) is 14.2. The number of carboxylic acid groups (broad SMARTS) is 2. The van der Waals surface area contributed by atoms with Crippen LogP contribution < -0.4 is 11.5 Å². The van der Waals surface area contributed by atoms with Crippen molar-refractivity contribution in [2.75, 3.05) is 46.9 Å². The number of nitro groups is 2. The first-order valence-electron chi connectivity index (χ1n) is 17.9. The number of nitrogens with zero attached hydrogens (tertiary/aromatic N) is 8. The van der Waals surface area contributed by atoms with E-state index < -0.39 is 56.3 Å². The van der Waals surface area contributed by atoms with E-state index in [2.05, 4.69) is 0 Å². The van der Waals surface area contributed by atoms with Gasteiger partial charge in [0.2, 0.25) is 0 Å². The molecule has 0 bridgehead atoms. The summed E-state index contributed by atoms with van der Waals surface area (Å²) < 4.78 is 0. The van der Waals surface area contributed by atoms with E-state index in [0.717, 1.165) is 0 Å². The highest BCUT2D eigenvalue weighted by atomic mass is 16.6. The van der Waals surface area contributed by atoms with Gasteiger partial charge in [-0.25, -0.2) is 9.59 Å². The van der Waals surface area contributed by atoms with E-state index in [1.54, 1.807) is 19.1 Å². The van der Waals surface area contributed by atoms with Crippen molar-refractivity contribution in [2.45, 2.75) is 18.8 Å². The molecular weight excluding hydrogens is 765 g/mol. The fourth-order valence-corrected chi connectivity index (χ4v) is 8.24. The van der Waals surface area contributed by atoms with Crippen molar-refractivity contribution < 1.29 is 34.8 Å². The van der Waals surface area contributed by atoms with E-state index in [1.165, 1.54) is 48.5 Å². The van der Waals surface area contributed by atoms with Crippen LogP contribution in [0.2, 0.25) is 0 Å². The summed E-state index contributed by atoms with van der Waals surface area (Å²) in [5.74, 6) is -5.04. The van der Waals surface area contributed by atoms with Gasteiger partial charge >= 0.3 is 11.9 Å². The van der Waals surface area contributed by atoms with Crippen molar-refractivity contribution >= 4 is 23.3 Å². The molecule has 0 saturated heterocycles. The molecule has 2 heterocycles. The Labute approximate surface area is 338 Å². The highest BCUT2D eigenvalue weighted by Crippen LogP contribution is 2.55. The number of carboxylic acids is 2. The van der Waals surface area contributed by atoms with Gasteiger partial charge in [0, 0.05) is 80.7 Å². The predicted octanol–water partition coefficient (Wildman–Crippen LogP) is 3.02. The number of fused-ring (bicyclic) bond motifs is 2. The summed E-state index contributed by atoms with van der Waals surface area (Å²) in [6, 6.07) is 19.0. The number of benzene rings is 2. The molecule has 0 fully saturated rings. The van der Waals surface area contributed by atoms with Gasteiger partial charge in [0.05, 0.1) is 56.7 Å². The number of likely N-dealkylation sites (N-methyl/N-ethyl adjacent to an activating group) is 2. The molecule has 0 aromatic heterocycles. The van der Waals surface area contributed by atoms with Crippen molar-refractivity contribution in [1.29, 1.82) is 21.0 Å². The average molecular weight is 805 g/mol. The van der Waals surface area contributed by atoms with Crippen molar-refractivity contribution in [3.05, 3.63) is 126 Å². The molecule has 59 heavy (non-hydrogen) atoms. The van der Waals surface area contributed by atoms with E-state index in [9.17, 15) is 61.1 Å². The minimum absolute atomic E-state index is 0.120. The number of nitrogens with two attached hydrogens (primary N) is 2. The molecule has 0 unspecified atom stereocenters. The standard InChI is InChI=1S/2C19H17N5O4.C2H6O/c2*1-23-7-6-13-14(8-23)16(11-2-4-12(5-3-11)24(27)28)19(9-20,10-21)17(22)15(13)18(25)26;1-2-3/h2*2-6,14,16H,7-8,22H2,1H3,(H,25,26);3H,2H2,1H3/t2*14-,16+;/m11./s1. The smallest absolute Gasteiger partial charge is 0.337 e. The van der Waals surface area contributed by atoms with E-state index in [0.29, 0.717) is 48.5 Å². The summed E-state index contributed by atoms with van der Waals surface area (Å²) in [7, 11) is 3.70. The van der Waals surface area contributed by atoms with Crippen molar-refractivity contribution in [3.63, 3.8) is 0 Å². The molecule has 7 N–H and O–H groups in total. The quantitative estimate of drug-likeness (QED) is 0.207. The number of aliphatic carboxylic acids is 2. The molecule has 19 nitrogen and oxygen atoms in total. The van der Waals surface area contributed by atoms with Crippen LogP contribution in [-0.2, 0) is 9.59 Å². The van der Waals surface area contributed by atoms with Gasteiger partial charge in [0.25, 0.3) is 11.4 Å². The fraction of sp³-hybridized carbons (Fsp3) is 0.350. The third-order valence-corrected chi connectivity index (χ3v) is 10.8. The van der Waals surface area contributed by atoms with Crippen LogP contribution in [-0.4, -0.2) is 93.8 Å². The molecule has 2 aliphatic heterocycles. The molecular formula is C40H40N10O9. The zero-order chi connectivity index (χ0) is 44.0. The SMILES string of the molecule is CCO.CN1CC=C2C(C(=O)O)=C(N)C(C#N)(C#N)[C@@H](c3ccc([N+](=O)[O-])cc3)[C@@H]2C1.CN1CC=C2C(C(=O)O)=C(N)C(C#N)(C#N)[C@@H](c3ccc([N+](=O)[O-])cc3)[C@@H]2C1. The molecule has 2 aliphatic carbocycles. The van der Waals surface area contributed by atoms with E-state index in [1.807, 2.05) is 48.2 Å². The normalized spacial score (nSPS) is 22.8. The number of aliphatic hydroxyl groups is 1. The Hall–Kier alpha value is -7.42. The van der Waals surface area contributed by atoms with Crippen molar-refractivity contribution in [2.24, 2.45) is 34.1 Å². The second kappa shape index (κ2) is 17.8. The Kier molecular flexibility index (Phi) is 13.4. The molecule has 4 atom stereocenters. The minimum atomic E-state index is -1.90. The minimum Gasteiger partial charge on any atom is -0.478 e. The van der Waals surface area contributed by atoms with Crippen molar-refractivity contribution in [1.82, 2.24) is 9.80 Å². The maximum atomic E-state index is 11.9. The van der Waals surface area contributed by atoms with Crippen LogP contribution in [0.4, 0.5) is 11.4 Å². The number of non-ortho nitro benzene ring substituents is 2. The predicted molar refractivity (Wildman–Crippen MR) is 208 cm³/mol. The molecule has 2 aromatic rings. The lowest BCUT2D eigenvalue weighted by Crippen LogP contribution is -2.48. The van der Waals surface area contributed by atoms with Crippen LogP contribution in [0.3, 0.4) is 0 Å². The monoisotopic (exact) mass is 804 g/mol. The van der Waals surface area contributed by atoms with Gasteiger partial charge < -0.3 is 36.6 Å². The van der Waals surface area contributed by atoms with E-state index in [4.69, 9.17) is 16.6 Å². The lowest BCUT2D eigenvalue weighted by Gasteiger charge is -2.45. The van der Waals surface area contributed by atoms with Crippen LogP contribution >= 0.6 is 0 Å². The Balaban J connectivity index is 0.000000244.